The molecule has 1 N–H and O–H groups in total. The molecule has 140 valence electrons. The first-order valence-corrected chi connectivity index (χ1v) is 8.89. The first kappa shape index (κ1) is 18.6. The second kappa shape index (κ2) is 8.44. The van der Waals surface area contributed by atoms with E-state index in [9.17, 15) is 9.59 Å². The lowest BCUT2D eigenvalue weighted by Crippen LogP contribution is -2.25. The van der Waals surface area contributed by atoms with Gasteiger partial charge in [-0.3, -0.25) is 14.2 Å². The number of hydrogen-bond acceptors (Lipinski definition) is 4. The predicted molar refractivity (Wildman–Crippen MR) is 103 cm³/mol. The van der Waals surface area contributed by atoms with E-state index in [1.807, 2.05) is 41.0 Å². The molecule has 3 rings (SSSR count). The van der Waals surface area contributed by atoms with Gasteiger partial charge in [0.1, 0.15) is 12.1 Å². The van der Waals surface area contributed by atoms with E-state index < -0.39 is 0 Å². The third kappa shape index (κ3) is 4.49. The zero-order valence-corrected chi connectivity index (χ0v) is 15.6. The topological polar surface area (TPSA) is 80.1 Å². The van der Waals surface area contributed by atoms with E-state index in [-0.39, 0.29) is 11.8 Å². The average molecular weight is 365 g/mol. The number of amides is 2. The Labute approximate surface area is 158 Å². The number of benzene rings is 1. The highest BCUT2D eigenvalue weighted by atomic mass is 16.2. The number of pyridine rings is 1. The molecule has 7 nitrogen and oxygen atoms in total. The van der Waals surface area contributed by atoms with Gasteiger partial charge in [-0.1, -0.05) is 18.2 Å². The second-order valence-electron chi connectivity index (χ2n) is 6.51. The Kier molecular flexibility index (Phi) is 5.80. The van der Waals surface area contributed by atoms with Gasteiger partial charge in [-0.05, 0) is 24.6 Å². The third-order valence-electron chi connectivity index (χ3n) is 4.32. The Morgan fingerprint density at radius 1 is 1.07 bits per heavy atom. The molecule has 7 heteroatoms. The highest BCUT2D eigenvalue weighted by Crippen LogP contribution is 2.19. The molecular formula is C20H23N5O2. The van der Waals surface area contributed by atoms with Crippen LogP contribution in [0.25, 0.3) is 16.9 Å². The number of hydrogen-bond donors (Lipinski definition) is 1. The van der Waals surface area contributed by atoms with Crippen LogP contribution in [0.5, 0.6) is 0 Å². The summed E-state index contributed by atoms with van der Waals surface area (Å²) in [5.41, 5.74) is 2.76. The summed E-state index contributed by atoms with van der Waals surface area (Å²) in [7, 11) is 3.43. The molecule has 2 amide bonds. The molecule has 27 heavy (non-hydrogen) atoms. The second-order valence-corrected chi connectivity index (χ2v) is 6.51. The molecule has 0 fully saturated rings. The molecular weight excluding hydrogens is 342 g/mol. The van der Waals surface area contributed by atoms with Crippen LogP contribution in [0.4, 0.5) is 0 Å². The quantitative estimate of drug-likeness (QED) is 0.697. The van der Waals surface area contributed by atoms with Crippen LogP contribution in [-0.4, -0.2) is 45.3 Å². The van der Waals surface area contributed by atoms with Crippen molar-refractivity contribution >= 4 is 22.8 Å². The molecule has 0 spiro atoms. The van der Waals surface area contributed by atoms with Crippen LogP contribution in [0.2, 0.25) is 0 Å². The smallest absolute Gasteiger partial charge is 0.222 e. The fraction of sp³-hybridized carbons (Fsp3) is 0.300. The zero-order valence-electron chi connectivity index (χ0n) is 15.6. The number of rotatable bonds is 7. The number of nitrogens with zero attached hydrogens (tertiary/aromatic N) is 4. The first-order chi connectivity index (χ1) is 13.1. The lowest BCUT2D eigenvalue weighted by Gasteiger charge is -2.12. The third-order valence-corrected chi connectivity index (χ3v) is 4.32. The highest BCUT2D eigenvalue weighted by Gasteiger charge is 2.11. The SMILES string of the molecule is CN(C)C(=O)CCCC(=O)NCc1cccnc1-n1cnc2ccccc21. The number of fused-ring (bicyclic) bond motifs is 1. The zero-order chi connectivity index (χ0) is 19.2. The minimum atomic E-state index is -0.0770. The van der Waals surface area contributed by atoms with Crippen LogP contribution in [-0.2, 0) is 16.1 Å². The summed E-state index contributed by atoms with van der Waals surface area (Å²) < 4.78 is 1.92. The Bertz CT molecular complexity index is 948. The molecule has 2 aromatic heterocycles. The molecule has 0 saturated heterocycles. The van der Waals surface area contributed by atoms with Gasteiger partial charge in [0, 0.05) is 45.2 Å². The summed E-state index contributed by atoms with van der Waals surface area (Å²) in [5, 5.41) is 2.91. The van der Waals surface area contributed by atoms with Crippen molar-refractivity contribution < 1.29 is 9.59 Å². The summed E-state index contributed by atoms with van der Waals surface area (Å²) in [4.78, 5) is 34.1. The number of carbonyl (C=O) groups excluding carboxylic acids is 2. The maximum Gasteiger partial charge on any atom is 0.222 e. The van der Waals surface area contributed by atoms with Crippen LogP contribution >= 0.6 is 0 Å². The van der Waals surface area contributed by atoms with E-state index in [0.717, 1.165) is 22.4 Å². The van der Waals surface area contributed by atoms with Crippen molar-refractivity contribution in [1.29, 1.82) is 0 Å². The molecule has 0 atom stereocenters. The number of para-hydroxylation sites is 2. The van der Waals surface area contributed by atoms with Gasteiger partial charge >= 0.3 is 0 Å². The van der Waals surface area contributed by atoms with E-state index in [1.54, 1.807) is 26.6 Å². The lowest BCUT2D eigenvalue weighted by molar-refractivity contribution is -0.129. The number of imidazole rings is 1. The Morgan fingerprint density at radius 3 is 2.70 bits per heavy atom. The minimum Gasteiger partial charge on any atom is -0.352 e. The van der Waals surface area contributed by atoms with Crippen molar-refractivity contribution in [3.8, 4) is 5.82 Å². The predicted octanol–water partition coefficient (Wildman–Crippen LogP) is 2.30. The Hall–Kier alpha value is -3.22. The first-order valence-electron chi connectivity index (χ1n) is 8.89. The maximum absolute atomic E-state index is 12.1. The maximum atomic E-state index is 12.1. The molecule has 0 aliphatic heterocycles. The van der Waals surface area contributed by atoms with Crippen molar-refractivity contribution in [2.45, 2.75) is 25.8 Å². The van der Waals surface area contributed by atoms with Crippen molar-refractivity contribution in [1.82, 2.24) is 24.8 Å². The highest BCUT2D eigenvalue weighted by molar-refractivity contribution is 5.79. The van der Waals surface area contributed by atoms with Gasteiger partial charge in [0.2, 0.25) is 11.8 Å². The van der Waals surface area contributed by atoms with E-state index in [2.05, 4.69) is 15.3 Å². The van der Waals surface area contributed by atoms with Gasteiger partial charge < -0.3 is 10.2 Å². The van der Waals surface area contributed by atoms with Crippen molar-refractivity contribution in [2.24, 2.45) is 0 Å². The molecule has 1 aromatic carbocycles. The monoisotopic (exact) mass is 365 g/mol. The normalized spacial score (nSPS) is 10.7. The van der Waals surface area contributed by atoms with Gasteiger partial charge in [-0.15, -0.1) is 0 Å². The lowest BCUT2D eigenvalue weighted by atomic mass is 10.2. The molecule has 0 bridgehead atoms. The standard InChI is InChI=1S/C20H23N5O2/c1-24(2)19(27)11-5-10-18(26)22-13-15-7-6-12-21-20(15)25-14-23-16-8-3-4-9-17(16)25/h3-4,6-9,12,14H,5,10-11,13H2,1-2H3,(H,22,26). The summed E-state index contributed by atoms with van der Waals surface area (Å²) >= 11 is 0. The van der Waals surface area contributed by atoms with Gasteiger partial charge in [0.15, 0.2) is 0 Å². The van der Waals surface area contributed by atoms with Crippen molar-refractivity contribution in [3.05, 3.63) is 54.5 Å². The molecule has 2 heterocycles. The van der Waals surface area contributed by atoms with Gasteiger partial charge in [-0.2, -0.15) is 0 Å². The molecule has 0 unspecified atom stereocenters. The van der Waals surface area contributed by atoms with E-state index >= 15 is 0 Å². The van der Waals surface area contributed by atoms with E-state index in [1.165, 1.54) is 4.90 Å². The Balaban J connectivity index is 1.65. The van der Waals surface area contributed by atoms with Crippen LogP contribution in [0, 0.1) is 0 Å². The molecule has 3 aromatic rings. The number of carbonyl (C=O) groups is 2. The fourth-order valence-electron chi connectivity index (χ4n) is 2.82. The van der Waals surface area contributed by atoms with Gasteiger partial charge in [-0.25, -0.2) is 9.97 Å². The summed E-state index contributed by atoms with van der Waals surface area (Å²) in [6.45, 7) is 0.371. The molecule has 0 saturated carbocycles. The summed E-state index contributed by atoms with van der Waals surface area (Å²) in [5.74, 6) is 0.700. The molecule has 0 radical (unpaired) electrons. The number of nitrogens with one attached hydrogen (secondary N) is 1. The van der Waals surface area contributed by atoms with Crippen molar-refractivity contribution in [3.63, 3.8) is 0 Å². The van der Waals surface area contributed by atoms with E-state index in [0.29, 0.717) is 25.8 Å². The van der Waals surface area contributed by atoms with Crippen LogP contribution in [0.15, 0.2) is 48.9 Å². The largest absolute Gasteiger partial charge is 0.352 e. The van der Waals surface area contributed by atoms with Crippen molar-refractivity contribution in [2.75, 3.05) is 14.1 Å². The molecule has 0 aliphatic rings. The van der Waals surface area contributed by atoms with Gasteiger partial charge in [0.05, 0.1) is 11.0 Å². The summed E-state index contributed by atoms with van der Waals surface area (Å²) in [6, 6.07) is 11.6. The van der Waals surface area contributed by atoms with Crippen LogP contribution < -0.4 is 5.32 Å². The molecule has 0 aliphatic carbocycles. The average Bonchev–Trinajstić information content (AvgIpc) is 3.10. The summed E-state index contributed by atoms with van der Waals surface area (Å²) in [6.07, 6.45) is 4.70. The van der Waals surface area contributed by atoms with Crippen LogP contribution in [0.3, 0.4) is 0 Å². The van der Waals surface area contributed by atoms with E-state index in [4.69, 9.17) is 0 Å². The minimum absolute atomic E-state index is 0.0318. The Morgan fingerprint density at radius 2 is 1.89 bits per heavy atom. The van der Waals surface area contributed by atoms with Crippen LogP contribution in [0.1, 0.15) is 24.8 Å². The fourth-order valence-corrected chi connectivity index (χ4v) is 2.82. The number of aromatic nitrogens is 3. The van der Waals surface area contributed by atoms with Gasteiger partial charge in [0.25, 0.3) is 0 Å².